The fraction of sp³-hybridized carbons (Fsp3) is 0.647. The van der Waals surface area contributed by atoms with Crippen molar-refractivity contribution in [3.05, 3.63) is 28.2 Å². The Hall–Kier alpha value is -0.540. The van der Waals surface area contributed by atoms with Crippen LogP contribution in [0.2, 0.25) is 0 Å². The van der Waals surface area contributed by atoms with Crippen LogP contribution in [0.4, 0.5) is 0 Å². The Morgan fingerprint density at radius 3 is 2.75 bits per heavy atom. The van der Waals surface area contributed by atoms with Gasteiger partial charge in [0.05, 0.1) is 6.61 Å². The molecule has 1 atom stereocenters. The maximum atomic E-state index is 6.05. The van der Waals surface area contributed by atoms with Crippen LogP contribution in [0.5, 0.6) is 5.75 Å². The summed E-state index contributed by atoms with van der Waals surface area (Å²) >= 11 is 3.60. The van der Waals surface area contributed by atoms with Crippen LogP contribution in [0.25, 0.3) is 0 Å². The smallest absolute Gasteiger partial charge is 0.119 e. The molecule has 2 rings (SSSR count). The summed E-state index contributed by atoms with van der Waals surface area (Å²) < 4.78 is 7.13. The van der Waals surface area contributed by atoms with Gasteiger partial charge in [-0.1, -0.05) is 42.1 Å². The molecular weight excluding hydrogens is 314 g/mol. The molecule has 1 aromatic rings. The number of rotatable bonds is 6. The highest BCUT2D eigenvalue weighted by molar-refractivity contribution is 9.10. The lowest BCUT2D eigenvalue weighted by atomic mass is 9.90. The van der Waals surface area contributed by atoms with E-state index in [1.807, 2.05) is 6.07 Å². The van der Waals surface area contributed by atoms with Crippen LogP contribution < -0.4 is 10.5 Å². The Morgan fingerprint density at radius 1 is 1.30 bits per heavy atom. The summed E-state index contributed by atoms with van der Waals surface area (Å²) in [6, 6.07) is 6.49. The molecule has 2 N–H and O–H groups in total. The lowest BCUT2D eigenvalue weighted by Crippen LogP contribution is -2.21. The molecule has 0 saturated heterocycles. The zero-order valence-corrected chi connectivity index (χ0v) is 14.0. The highest BCUT2D eigenvalue weighted by Gasteiger charge is 2.14. The minimum absolute atomic E-state index is 0.222. The Kier molecular flexibility index (Phi) is 6.37. The van der Waals surface area contributed by atoms with E-state index in [9.17, 15) is 0 Å². The fourth-order valence-corrected chi connectivity index (χ4v) is 3.20. The number of halogens is 1. The number of nitrogens with two attached hydrogens (primary N) is 1. The molecule has 3 heteroatoms. The van der Waals surface area contributed by atoms with Gasteiger partial charge in [0.2, 0.25) is 0 Å². The quantitative estimate of drug-likeness (QED) is 0.815. The van der Waals surface area contributed by atoms with Gasteiger partial charge in [-0.2, -0.15) is 0 Å². The molecular formula is C17H26BrNO. The molecule has 0 heterocycles. The molecule has 20 heavy (non-hydrogen) atoms. The number of hydrogen-bond acceptors (Lipinski definition) is 2. The number of hydrogen-bond donors (Lipinski definition) is 1. The predicted octanol–water partition coefficient (Wildman–Crippen LogP) is 4.69. The van der Waals surface area contributed by atoms with Crippen molar-refractivity contribution in [2.75, 3.05) is 6.61 Å². The van der Waals surface area contributed by atoms with E-state index in [1.54, 1.807) is 0 Å². The first kappa shape index (κ1) is 15.8. The van der Waals surface area contributed by atoms with Crippen molar-refractivity contribution in [3.63, 3.8) is 0 Å². The average molecular weight is 340 g/mol. The van der Waals surface area contributed by atoms with Gasteiger partial charge >= 0.3 is 0 Å². The average Bonchev–Trinajstić information content (AvgIpc) is 2.49. The highest BCUT2D eigenvalue weighted by Crippen LogP contribution is 2.27. The third-order valence-electron chi connectivity index (χ3n) is 4.23. The fourth-order valence-electron chi connectivity index (χ4n) is 2.79. The van der Waals surface area contributed by atoms with Crippen LogP contribution >= 0.6 is 15.9 Å². The second-order valence-corrected chi connectivity index (χ2v) is 6.80. The van der Waals surface area contributed by atoms with Crippen LogP contribution in [-0.2, 0) is 6.42 Å². The zero-order chi connectivity index (χ0) is 14.4. The maximum absolute atomic E-state index is 6.05. The second-order valence-electron chi connectivity index (χ2n) is 5.94. The Morgan fingerprint density at radius 2 is 2.05 bits per heavy atom. The first-order valence-electron chi connectivity index (χ1n) is 7.86. The third kappa shape index (κ3) is 4.78. The molecule has 0 spiro atoms. The van der Waals surface area contributed by atoms with Crippen molar-refractivity contribution >= 4 is 15.9 Å². The molecule has 0 aliphatic heterocycles. The third-order valence-corrected chi connectivity index (χ3v) is 5.01. The zero-order valence-electron chi connectivity index (χ0n) is 12.4. The Labute approximate surface area is 131 Å². The summed E-state index contributed by atoms with van der Waals surface area (Å²) in [4.78, 5) is 0. The summed E-state index contributed by atoms with van der Waals surface area (Å²) in [5.41, 5.74) is 7.30. The lowest BCUT2D eigenvalue weighted by Gasteiger charge is -2.22. The highest BCUT2D eigenvalue weighted by atomic mass is 79.9. The number of ether oxygens (including phenoxy) is 1. The molecule has 1 fully saturated rings. The molecule has 1 saturated carbocycles. The van der Waals surface area contributed by atoms with Gasteiger partial charge in [-0.05, 0) is 55.4 Å². The SMILES string of the molecule is CCC(N)Cc1cc(OCC2CCCCC2)ccc1Br. The van der Waals surface area contributed by atoms with Gasteiger partial charge in [0.15, 0.2) is 0 Å². The summed E-state index contributed by atoms with van der Waals surface area (Å²) in [6.07, 6.45) is 8.68. The molecule has 0 radical (unpaired) electrons. The largest absolute Gasteiger partial charge is 0.493 e. The van der Waals surface area contributed by atoms with Gasteiger partial charge in [0.1, 0.15) is 5.75 Å². The first-order chi connectivity index (χ1) is 9.69. The summed E-state index contributed by atoms with van der Waals surface area (Å²) in [7, 11) is 0. The van der Waals surface area contributed by atoms with E-state index >= 15 is 0 Å². The monoisotopic (exact) mass is 339 g/mol. The van der Waals surface area contributed by atoms with E-state index in [2.05, 4.69) is 35.0 Å². The van der Waals surface area contributed by atoms with Gasteiger partial charge in [0.25, 0.3) is 0 Å². The van der Waals surface area contributed by atoms with Gasteiger partial charge in [-0.3, -0.25) is 0 Å². The number of benzene rings is 1. The minimum Gasteiger partial charge on any atom is -0.493 e. The van der Waals surface area contributed by atoms with E-state index in [4.69, 9.17) is 10.5 Å². The molecule has 1 aliphatic rings. The predicted molar refractivity (Wildman–Crippen MR) is 88.2 cm³/mol. The normalized spacial score (nSPS) is 17.9. The van der Waals surface area contributed by atoms with Crippen LogP contribution in [0, 0.1) is 5.92 Å². The van der Waals surface area contributed by atoms with Crippen molar-refractivity contribution in [2.24, 2.45) is 11.7 Å². The molecule has 1 aromatic carbocycles. The molecule has 0 aromatic heterocycles. The van der Waals surface area contributed by atoms with Gasteiger partial charge in [-0.15, -0.1) is 0 Å². The molecule has 0 amide bonds. The van der Waals surface area contributed by atoms with Crippen molar-refractivity contribution in [1.29, 1.82) is 0 Å². The van der Waals surface area contributed by atoms with E-state index in [0.717, 1.165) is 35.6 Å². The van der Waals surface area contributed by atoms with Crippen LogP contribution in [0.1, 0.15) is 51.0 Å². The topological polar surface area (TPSA) is 35.2 Å². The van der Waals surface area contributed by atoms with Gasteiger partial charge < -0.3 is 10.5 Å². The van der Waals surface area contributed by atoms with Crippen LogP contribution in [0.15, 0.2) is 22.7 Å². The molecule has 2 nitrogen and oxygen atoms in total. The van der Waals surface area contributed by atoms with E-state index < -0.39 is 0 Å². The van der Waals surface area contributed by atoms with Crippen molar-refractivity contribution in [3.8, 4) is 5.75 Å². The molecule has 0 bridgehead atoms. The molecule has 1 aliphatic carbocycles. The summed E-state index contributed by atoms with van der Waals surface area (Å²) in [5.74, 6) is 1.73. The summed E-state index contributed by atoms with van der Waals surface area (Å²) in [5, 5.41) is 0. The van der Waals surface area contributed by atoms with E-state index in [-0.39, 0.29) is 6.04 Å². The summed E-state index contributed by atoms with van der Waals surface area (Å²) in [6.45, 7) is 2.99. The van der Waals surface area contributed by atoms with E-state index in [1.165, 1.54) is 37.7 Å². The van der Waals surface area contributed by atoms with Crippen molar-refractivity contribution in [2.45, 2.75) is 57.9 Å². The first-order valence-corrected chi connectivity index (χ1v) is 8.65. The van der Waals surface area contributed by atoms with Crippen LogP contribution in [-0.4, -0.2) is 12.6 Å². The standard InChI is InChI=1S/C17H26BrNO/c1-2-15(19)10-14-11-16(8-9-17(14)18)20-12-13-6-4-3-5-7-13/h8-9,11,13,15H,2-7,10,12,19H2,1H3. The van der Waals surface area contributed by atoms with Gasteiger partial charge in [-0.25, -0.2) is 0 Å². The lowest BCUT2D eigenvalue weighted by molar-refractivity contribution is 0.208. The van der Waals surface area contributed by atoms with Crippen molar-refractivity contribution in [1.82, 2.24) is 0 Å². The van der Waals surface area contributed by atoms with Gasteiger partial charge in [0, 0.05) is 10.5 Å². The van der Waals surface area contributed by atoms with E-state index in [0.29, 0.717) is 0 Å². The minimum atomic E-state index is 0.222. The second kappa shape index (κ2) is 8.04. The molecule has 1 unspecified atom stereocenters. The van der Waals surface area contributed by atoms with Crippen molar-refractivity contribution < 1.29 is 4.74 Å². The van der Waals surface area contributed by atoms with Crippen LogP contribution in [0.3, 0.4) is 0 Å². The maximum Gasteiger partial charge on any atom is 0.119 e. The Bertz CT molecular complexity index is 415. The molecule has 112 valence electrons. The Balaban J connectivity index is 1.92.